The van der Waals surface area contributed by atoms with Crippen LogP contribution in [-0.4, -0.2) is 40.1 Å². The van der Waals surface area contributed by atoms with Gasteiger partial charge in [0.2, 0.25) is 5.78 Å². The third-order valence-corrected chi connectivity index (χ3v) is 4.89. The van der Waals surface area contributed by atoms with Crippen LogP contribution in [0.3, 0.4) is 0 Å². The fourth-order valence-corrected chi connectivity index (χ4v) is 3.28. The molecule has 2 aromatic carbocycles. The Hall–Kier alpha value is -3.22. The first kappa shape index (κ1) is 23.1. The van der Waals surface area contributed by atoms with Gasteiger partial charge in [-0.2, -0.15) is 0 Å². The standard InChI is InChI=1S/C23H29NO6/c1-14-9-20(28-4)18(21(10-14)29-5)13-24-23(26)19(25)8-7-17-15(2)11-16(27-3)12-22(17)30-6/h9-12H,7-8,13H2,1-6H3,(H,24,26). The molecule has 0 aliphatic carbocycles. The van der Waals surface area contributed by atoms with E-state index in [1.807, 2.05) is 32.0 Å². The quantitative estimate of drug-likeness (QED) is 0.600. The summed E-state index contributed by atoms with van der Waals surface area (Å²) in [4.78, 5) is 24.7. The molecule has 7 heteroatoms. The number of nitrogens with one attached hydrogen (secondary N) is 1. The summed E-state index contributed by atoms with van der Waals surface area (Å²) in [6.07, 6.45) is 0.458. The maximum Gasteiger partial charge on any atom is 0.287 e. The van der Waals surface area contributed by atoms with E-state index in [1.54, 1.807) is 34.5 Å². The van der Waals surface area contributed by atoms with Crippen molar-refractivity contribution in [1.82, 2.24) is 5.32 Å². The molecule has 1 N–H and O–H groups in total. The number of ether oxygens (including phenoxy) is 4. The Balaban J connectivity index is 2.04. The molecule has 2 rings (SSSR count). The van der Waals surface area contributed by atoms with Crippen LogP contribution >= 0.6 is 0 Å². The fraction of sp³-hybridized carbons (Fsp3) is 0.391. The van der Waals surface area contributed by atoms with Crippen molar-refractivity contribution < 1.29 is 28.5 Å². The van der Waals surface area contributed by atoms with Crippen molar-refractivity contribution in [2.75, 3.05) is 28.4 Å². The SMILES string of the molecule is COc1cc(C)c(CCC(=O)C(=O)NCc2c(OC)cc(C)cc2OC)c(OC)c1. The van der Waals surface area contributed by atoms with Crippen LogP contribution in [0.15, 0.2) is 24.3 Å². The molecule has 0 bridgehead atoms. The molecule has 0 spiro atoms. The van der Waals surface area contributed by atoms with E-state index in [-0.39, 0.29) is 13.0 Å². The van der Waals surface area contributed by atoms with E-state index in [2.05, 4.69) is 5.32 Å². The number of aryl methyl sites for hydroxylation is 2. The van der Waals surface area contributed by atoms with Gasteiger partial charge in [-0.3, -0.25) is 9.59 Å². The molecule has 0 aliphatic rings. The molecule has 0 fully saturated rings. The average Bonchev–Trinajstić information content (AvgIpc) is 2.75. The first-order valence-electron chi connectivity index (χ1n) is 9.58. The van der Waals surface area contributed by atoms with Gasteiger partial charge >= 0.3 is 0 Å². The molecular weight excluding hydrogens is 386 g/mol. The van der Waals surface area contributed by atoms with E-state index in [0.29, 0.717) is 35.0 Å². The van der Waals surface area contributed by atoms with Crippen molar-refractivity contribution in [2.24, 2.45) is 0 Å². The van der Waals surface area contributed by atoms with Gasteiger partial charge in [0.1, 0.15) is 23.0 Å². The van der Waals surface area contributed by atoms with Crippen LogP contribution in [0.25, 0.3) is 0 Å². The number of Topliss-reactive ketones (excluding diaryl/α,β-unsaturated/α-hetero) is 1. The third kappa shape index (κ3) is 5.43. The highest BCUT2D eigenvalue weighted by Crippen LogP contribution is 2.31. The molecular formula is C23H29NO6. The van der Waals surface area contributed by atoms with Crippen molar-refractivity contribution in [3.63, 3.8) is 0 Å². The zero-order chi connectivity index (χ0) is 22.3. The largest absolute Gasteiger partial charge is 0.497 e. The van der Waals surface area contributed by atoms with Gasteiger partial charge in [-0.05, 0) is 55.2 Å². The predicted octanol–water partition coefficient (Wildman–Crippen LogP) is 3.16. The Morgan fingerprint density at radius 2 is 1.37 bits per heavy atom. The van der Waals surface area contributed by atoms with Crippen LogP contribution in [0.2, 0.25) is 0 Å². The van der Waals surface area contributed by atoms with Crippen molar-refractivity contribution in [1.29, 1.82) is 0 Å². The van der Waals surface area contributed by atoms with E-state index in [1.165, 1.54) is 0 Å². The lowest BCUT2D eigenvalue weighted by molar-refractivity contribution is -0.138. The Kier molecular flexibility index (Phi) is 8.09. The topological polar surface area (TPSA) is 83.1 Å². The maximum atomic E-state index is 12.4. The Bertz CT molecular complexity index is 897. The van der Waals surface area contributed by atoms with Gasteiger partial charge in [-0.1, -0.05) is 0 Å². The van der Waals surface area contributed by atoms with Gasteiger partial charge in [-0.15, -0.1) is 0 Å². The van der Waals surface area contributed by atoms with Gasteiger partial charge in [0.25, 0.3) is 5.91 Å². The van der Waals surface area contributed by atoms with Gasteiger partial charge in [0, 0.05) is 12.5 Å². The highest BCUT2D eigenvalue weighted by molar-refractivity contribution is 6.36. The third-order valence-electron chi connectivity index (χ3n) is 4.89. The summed E-state index contributed by atoms with van der Waals surface area (Å²) in [5, 5.41) is 2.67. The van der Waals surface area contributed by atoms with Gasteiger partial charge in [0.05, 0.1) is 40.5 Å². The fourth-order valence-electron chi connectivity index (χ4n) is 3.28. The Morgan fingerprint density at radius 3 is 1.90 bits per heavy atom. The number of hydrogen-bond donors (Lipinski definition) is 1. The lowest BCUT2D eigenvalue weighted by Gasteiger charge is -2.15. The molecule has 1 amide bonds. The van der Waals surface area contributed by atoms with Gasteiger partial charge < -0.3 is 24.3 Å². The number of methoxy groups -OCH3 is 4. The van der Waals surface area contributed by atoms with Gasteiger partial charge in [-0.25, -0.2) is 0 Å². The van der Waals surface area contributed by atoms with E-state index < -0.39 is 11.7 Å². The number of benzene rings is 2. The van der Waals surface area contributed by atoms with E-state index in [9.17, 15) is 9.59 Å². The van der Waals surface area contributed by atoms with Crippen LogP contribution in [0.4, 0.5) is 0 Å². The van der Waals surface area contributed by atoms with Crippen LogP contribution in [0.5, 0.6) is 23.0 Å². The summed E-state index contributed by atoms with van der Waals surface area (Å²) in [5.74, 6) is 1.35. The van der Waals surface area contributed by atoms with Crippen molar-refractivity contribution >= 4 is 11.7 Å². The molecule has 0 saturated heterocycles. The van der Waals surface area contributed by atoms with E-state index >= 15 is 0 Å². The molecule has 7 nitrogen and oxygen atoms in total. The first-order chi connectivity index (χ1) is 14.3. The minimum atomic E-state index is -0.648. The summed E-state index contributed by atoms with van der Waals surface area (Å²) in [6, 6.07) is 7.34. The second-order valence-electron chi connectivity index (χ2n) is 6.88. The highest BCUT2D eigenvalue weighted by Gasteiger charge is 2.18. The van der Waals surface area contributed by atoms with Gasteiger partial charge in [0.15, 0.2) is 0 Å². The molecule has 0 unspecified atom stereocenters. The van der Waals surface area contributed by atoms with Crippen molar-refractivity contribution in [3.05, 3.63) is 46.5 Å². The molecule has 0 aromatic heterocycles. The highest BCUT2D eigenvalue weighted by atomic mass is 16.5. The number of amides is 1. The lowest BCUT2D eigenvalue weighted by Crippen LogP contribution is -2.31. The summed E-state index contributed by atoms with van der Waals surface area (Å²) >= 11 is 0. The number of hydrogen-bond acceptors (Lipinski definition) is 6. The lowest BCUT2D eigenvalue weighted by atomic mass is 10.0. The minimum Gasteiger partial charge on any atom is -0.497 e. The molecule has 0 radical (unpaired) electrons. The smallest absolute Gasteiger partial charge is 0.287 e. The monoisotopic (exact) mass is 415 g/mol. The normalized spacial score (nSPS) is 10.3. The van der Waals surface area contributed by atoms with Crippen LogP contribution < -0.4 is 24.3 Å². The summed E-state index contributed by atoms with van der Waals surface area (Å²) in [5.41, 5.74) is 3.47. The number of ketones is 1. The average molecular weight is 415 g/mol. The summed E-state index contributed by atoms with van der Waals surface area (Å²) in [7, 11) is 6.25. The minimum absolute atomic E-state index is 0.0670. The second kappa shape index (κ2) is 10.5. The predicted molar refractivity (Wildman–Crippen MR) is 114 cm³/mol. The molecule has 162 valence electrons. The van der Waals surface area contributed by atoms with E-state index in [4.69, 9.17) is 18.9 Å². The summed E-state index contributed by atoms with van der Waals surface area (Å²) in [6.45, 7) is 3.97. The molecule has 0 aliphatic heterocycles. The number of carbonyl (C=O) groups excluding carboxylic acids is 2. The van der Waals surface area contributed by atoms with Crippen molar-refractivity contribution in [2.45, 2.75) is 33.2 Å². The molecule has 2 aromatic rings. The molecule has 30 heavy (non-hydrogen) atoms. The zero-order valence-electron chi connectivity index (χ0n) is 18.4. The van der Waals surface area contributed by atoms with E-state index in [0.717, 1.165) is 16.7 Å². The Labute approximate surface area is 177 Å². The first-order valence-corrected chi connectivity index (χ1v) is 9.58. The second-order valence-corrected chi connectivity index (χ2v) is 6.88. The number of carbonyl (C=O) groups is 2. The zero-order valence-corrected chi connectivity index (χ0v) is 18.4. The molecule has 0 saturated carbocycles. The van der Waals surface area contributed by atoms with Crippen molar-refractivity contribution in [3.8, 4) is 23.0 Å². The maximum absolute atomic E-state index is 12.4. The van der Waals surface area contributed by atoms with Crippen LogP contribution in [-0.2, 0) is 22.6 Å². The van der Waals surface area contributed by atoms with Crippen LogP contribution in [0.1, 0.15) is 28.7 Å². The Morgan fingerprint density at radius 1 is 0.800 bits per heavy atom. The number of rotatable bonds is 10. The summed E-state index contributed by atoms with van der Waals surface area (Å²) < 4.78 is 21.4. The molecule has 0 atom stereocenters. The molecule has 0 heterocycles. The van der Waals surface area contributed by atoms with Crippen LogP contribution in [0, 0.1) is 13.8 Å².